The van der Waals surface area contributed by atoms with Gasteiger partial charge in [-0.1, -0.05) is 30.3 Å². The van der Waals surface area contributed by atoms with Crippen LogP contribution in [0.15, 0.2) is 30.3 Å². The van der Waals surface area contributed by atoms with Crippen molar-refractivity contribution in [3.63, 3.8) is 0 Å². The first kappa shape index (κ1) is 22.5. The predicted octanol–water partition coefficient (Wildman–Crippen LogP) is 0.894. The number of aromatic hydroxyl groups is 1. The number of hydrogen-bond donors (Lipinski definition) is 5. The zero-order valence-corrected chi connectivity index (χ0v) is 17.6. The van der Waals surface area contributed by atoms with E-state index in [0.717, 1.165) is 5.56 Å². The summed E-state index contributed by atoms with van der Waals surface area (Å²) in [6.45, 7) is 2.58. The number of carbonyl (C=O) groups excluding carboxylic acids is 1. The number of fused-ring (bicyclic) bond motifs is 1. The van der Waals surface area contributed by atoms with Gasteiger partial charge in [0, 0.05) is 11.1 Å². The number of aliphatic hydroxyl groups excluding tert-OH is 4. The summed E-state index contributed by atoms with van der Waals surface area (Å²) >= 11 is 0. The quantitative estimate of drug-likeness (QED) is 0.462. The summed E-state index contributed by atoms with van der Waals surface area (Å²) < 4.78 is 17.3. The van der Waals surface area contributed by atoms with Gasteiger partial charge in [-0.3, -0.25) is 4.79 Å². The maximum absolute atomic E-state index is 12.9. The molecule has 4 rings (SSSR count). The normalized spacial score (nSPS) is 29.9. The highest BCUT2D eigenvalue weighted by Crippen LogP contribution is 2.48. The van der Waals surface area contributed by atoms with E-state index in [1.165, 1.54) is 0 Å². The van der Waals surface area contributed by atoms with Gasteiger partial charge in [0.25, 0.3) is 0 Å². The Labute approximate surface area is 184 Å². The van der Waals surface area contributed by atoms with Gasteiger partial charge >= 0.3 is 0 Å². The number of phenols is 1. The molecular weight excluding hydrogens is 420 g/mol. The van der Waals surface area contributed by atoms with Crippen molar-refractivity contribution in [3.05, 3.63) is 52.6 Å². The van der Waals surface area contributed by atoms with E-state index < -0.39 is 43.4 Å². The molecule has 0 saturated carbocycles. The smallest absolute Gasteiger partial charge is 0.229 e. The standard InChI is InChI=1S/C23H26O9/c1-10-17(26)16-13(25)8-14(12-6-4-3-5-7-12)30-22(16)11(2)21(10)32-23-20(29)19(28)18(27)15(9-24)31-23/h3-7,14-15,18-20,23-24,26-29H,8-9H2,1-2H3. The van der Waals surface area contributed by atoms with E-state index in [2.05, 4.69) is 0 Å². The van der Waals surface area contributed by atoms with E-state index in [9.17, 15) is 30.3 Å². The third kappa shape index (κ3) is 3.72. The minimum atomic E-state index is -1.62. The van der Waals surface area contributed by atoms with E-state index in [1.807, 2.05) is 30.3 Å². The van der Waals surface area contributed by atoms with Crippen LogP contribution in [0.2, 0.25) is 0 Å². The molecule has 172 valence electrons. The van der Waals surface area contributed by atoms with Crippen LogP contribution >= 0.6 is 0 Å². The summed E-state index contributed by atoms with van der Waals surface area (Å²) in [5, 5.41) is 50.5. The van der Waals surface area contributed by atoms with Gasteiger partial charge in [-0.2, -0.15) is 0 Å². The molecule has 2 heterocycles. The van der Waals surface area contributed by atoms with Crippen LogP contribution in [0.4, 0.5) is 0 Å². The SMILES string of the molecule is Cc1c(O)c2c(c(C)c1OC1OC(CO)C(O)C(O)C1O)OC(c1ccccc1)CC2=O. The first-order valence-electron chi connectivity index (χ1n) is 10.3. The molecule has 6 atom stereocenters. The number of Topliss-reactive ketones (excluding diaryl/α,β-unsaturated/α-hetero) is 1. The number of ketones is 1. The van der Waals surface area contributed by atoms with Crippen molar-refractivity contribution in [2.45, 2.75) is 57.1 Å². The van der Waals surface area contributed by atoms with Gasteiger partial charge < -0.3 is 39.7 Å². The van der Waals surface area contributed by atoms with Crippen LogP contribution in [0.1, 0.15) is 39.6 Å². The van der Waals surface area contributed by atoms with E-state index >= 15 is 0 Å². The molecule has 2 aromatic carbocycles. The van der Waals surface area contributed by atoms with Crippen molar-refractivity contribution in [1.82, 2.24) is 0 Å². The number of rotatable bonds is 4. The summed E-state index contributed by atoms with van der Waals surface area (Å²) in [7, 11) is 0. The molecule has 9 nitrogen and oxygen atoms in total. The number of ether oxygens (including phenoxy) is 3. The van der Waals surface area contributed by atoms with Gasteiger partial charge in [-0.15, -0.1) is 0 Å². The van der Waals surface area contributed by atoms with E-state index in [1.54, 1.807) is 13.8 Å². The topological polar surface area (TPSA) is 146 Å². The van der Waals surface area contributed by atoms with Gasteiger partial charge in [0.05, 0.1) is 13.0 Å². The summed E-state index contributed by atoms with van der Waals surface area (Å²) in [6.07, 6.45) is -7.83. The number of carbonyl (C=O) groups is 1. The van der Waals surface area contributed by atoms with Crippen molar-refractivity contribution < 1.29 is 44.5 Å². The molecule has 0 spiro atoms. The lowest BCUT2D eigenvalue weighted by Crippen LogP contribution is -2.60. The van der Waals surface area contributed by atoms with Crippen LogP contribution in [0.25, 0.3) is 0 Å². The molecule has 32 heavy (non-hydrogen) atoms. The Hall–Kier alpha value is -2.69. The van der Waals surface area contributed by atoms with Gasteiger partial charge in [0.1, 0.15) is 53.3 Å². The molecule has 1 saturated heterocycles. The highest BCUT2D eigenvalue weighted by atomic mass is 16.7. The molecule has 2 aromatic rings. The molecule has 5 N–H and O–H groups in total. The van der Waals surface area contributed by atoms with Crippen LogP contribution in [-0.2, 0) is 4.74 Å². The lowest BCUT2D eigenvalue weighted by molar-refractivity contribution is -0.277. The molecule has 6 unspecified atom stereocenters. The Kier molecular flexibility index (Phi) is 6.11. The lowest BCUT2D eigenvalue weighted by atomic mass is 9.91. The number of phenolic OH excluding ortho intramolecular Hbond substituents is 1. The molecule has 0 amide bonds. The fourth-order valence-electron chi connectivity index (χ4n) is 4.15. The molecule has 0 bridgehead atoms. The number of hydrogen-bond acceptors (Lipinski definition) is 9. The largest absolute Gasteiger partial charge is 0.507 e. The molecule has 1 fully saturated rings. The second kappa shape index (κ2) is 8.68. The first-order valence-corrected chi connectivity index (χ1v) is 10.3. The molecular formula is C23H26O9. The Bertz CT molecular complexity index is 1000. The molecule has 9 heteroatoms. The van der Waals surface area contributed by atoms with Crippen molar-refractivity contribution in [2.24, 2.45) is 0 Å². The summed E-state index contributed by atoms with van der Waals surface area (Å²) in [5.74, 6) is -0.310. The maximum Gasteiger partial charge on any atom is 0.229 e. The maximum atomic E-state index is 12.9. The Morgan fingerprint density at radius 1 is 1.03 bits per heavy atom. The third-order valence-corrected chi connectivity index (χ3v) is 6.00. The summed E-state index contributed by atoms with van der Waals surface area (Å²) in [6, 6.07) is 9.22. The van der Waals surface area contributed by atoms with E-state index in [-0.39, 0.29) is 40.6 Å². The zero-order valence-electron chi connectivity index (χ0n) is 17.6. The van der Waals surface area contributed by atoms with E-state index in [4.69, 9.17) is 14.2 Å². The van der Waals surface area contributed by atoms with Crippen molar-refractivity contribution in [2.75, 3.05) is 6.61 Å². The first-order chi connectivity index (χ1) is 15.2. The van der Waals surface area contributed by atoms with Crippen molar-refractivity contribution >= 4 is 5.78 Å². The highest BCUT2D eigenvalue weighted by Gasteiger charge is 2.45. The minimum absolute atomic E-state index is 0.0633. The zero-order chi connectivity index (χ0) is 23.2. The summed E-state index contributed by atoms with van der Waals surface area (Å²) in [5.41, 5.74) is 1.50. The summed E-state index contributed by atoms with van der Waals surface area (Å²) in [4.78, 5) is 12.9. The fourth-order valence-corrected chi connectivity index (χ4v) is 4.15. The van der Waals surface area contributed by atoms with Crippen LogP contribution in [0, 0.1) is 13.8 Å². The number of aliphatic hydroxyl groups is 4. The molecule has 2 aliphatic heterocycles. The average Bonchev–Trinajstić information content (AvgIpc) is 2.80. The third-order valence-electron chi connectivity index (χ3n) is 6.00. The predicted molar refractivity (Wildman–Crippen MR) is 111 cm³/mol. The van der Waals surface area contributed by atoms with Gasteiger partial charge in [0.15, 0.2) is 5.78 Å². The average molecular weight is 446 g/mol. The Morgan fingerprint density at radius 3 is 2.38 bits per heavy atom. The van der Waals surface area contributed by atoms with Crippen LogP contribution < -0.4 is 9.47 Å². The van der Waals surface area contributed by atoms with Crippen LogP contribution in [0.3, 0.4) is 0 Å². The van der Waals surface area contributed by atoms with Gasteiger partial charge in [-0.25, -0.2) is 0 Å². The van der Waals surface area contributed by atoms with Crippen molar-refractivity contribution in [3.8, 4) is 17.2 Å². The lowest BCUT2D eigenvalue weighted by Gasteiger charge is -2.40. The highest BCUT2D eigenvalue weighted by molar-refractivity contribution is 6.03. The second-order valence-corrected chi connectivity index (χ2v) is 8.09. The molecule has 0 radical (unpaired) electrons. The molecule has 2 aliphatic rings. The van der Waals surface area contributed by atoms with Crippen LogP contribution in [0.5, 0.6) is 17.2 Å². The van der Waals surface area contributed by atoms with Crippen LogP contribution in [-0.4, -0.2) is 68.6 Å². The van der Waals surface area contributed by atoms with Gasteiger partial charge in [-0.05, 0) is 19.4 Å². The monoisotopic (exact) mass is 446 g/mol. The Balaban J connectivity index is 1.71. The second-order valence-electron chi connectivity index (χ2n) is 8.09. The Morgan fingerprint density at radius 2 is 1.72 bits per heavy atom. The van der Waals surface area contributed by atoms with Crippen molar-refractivity contribution in [1.29, 1.82) is 0 Å². The fraction of sp³-hybridized carbons (Fsp3) is 0.435. The minimum Gasteiger partial charge on any atom is -0.507 e. The molecule has 0 aliphatic carbocycles. The van der Waals surface area contributed by atoms with Gasteiger partial charge in [0.2, 0.25) is 6.29 Å². The number of benzene rings is 2. The molecule has 0 aromatic heterocycles. The van der Waals surface area contributed by atoms with E-state index in [0.29, 0.717) is 5.56 Å².